The molecule has 7 heteroatoms. The molecule has 1 amide bonds. The fourth-order valence-corrected chi connectivity index (χ4v) is 1.88. The molecule has 0 fully saturated rings. The van der Waals surface area contributed by atoms with E-state index in [4.69, 9.17) is 14.0 Å². The molecule has 124 valence electrons. The molecule has 0 aliphatic carbocycles. The number of hydrogen-bond acceptors (Lipinski definition) is 6. The quantitative estimate of drug-likeness (QED) is 0.912. The number of para-hydroxylation sites is 1. The lowest BCUT2D eigenvalue weighted by molar-refractivity contribution is 0.0527. The second kappa shape index (κ2) is 7.13. The number of methoxy groups -OCH3 is 1. The monoisotopic (exact) mass is 319 g/mol. The molecule has 0 radical (unpaired) electrons. The second-order valence-corrected chi connectivity index (χ2v) is 5.89. The normalized spacial score (nSPS) is 11.1. The van der Waals surface area contributed by atoms with E-state index in [0.717, 1.165) is 5.56 Å². The van der Waals surface area contributed by atoms with Crippen molar-refractivity contribution in [1.29, 1.82) is 0 Å². The first-order valence-electron chi connectivity index (χ1n) is 7.32. The molecule has 0 unspecified atom stereocenters. The van der Waals surface area contributed by atoms with Crippen LogP contribution < -0.4 is 10.1 Å². The van der Waals surface area contributed by atoms with Gasteiger partial charge in [0.05, 0.1) is 12.7 Å². The Kier molecular flexibility index (Phi) is 5.20. The van der Waals surface area contributed by atoms with E-state index < -0.39 is 11.7 Å². The Hall–Kier alpha value is -2.57. The minimum absolute atomic E-state index is 0.350. The van der Waals surface area contributed by atoms with Gasteiger partial charge in [0.1, 0.15) is 11.4 Å². The lowest BCUT2D eigenvalue weighted by Gasteiger charge is -2.19. The van der Waals surface area contributed by atoms with E-state index in [1.807, 2.05) is 45.0 Å². The van der Waals surface area contributed by atoms with Crippen molar-refractivity contribution < 1.29 is 18.8 Å². The summed E-state index contributed by atoms with van der Waals surface area (Å²) in [5.41, 5.74) is 0.233. The first-order chi connectivity index (χ1) is 10.9. The van der Waals surface area contributed by atoms with Gasteiger partial charge in [0.25, 0.3) is 0 Å². The van der Waals surface area contributed by atoms with Gasteiger partial charge in [-0.25, -0.2) is 4.79 Å². The number of alkyl carbamates (subject to hydrolysis) is 1. The molecule has 1 aromatic carbocycles. The van der Waals surface area contributed by atoms with Crippen molar-refractivity contribution in [3.8, 4) is 17.1 Å². The van der Waals surface area contributed by atoms with Crippen LogP contribution in [0.3, 0.4) is 0 Å². The van der Waals surface area contributed by atoms with Crippen molar-refractivity contribution in [2.75, 3.05) is 13.7 Å². The lowest BCUT2D eigenvalue weighted by Crippen LogP contribution is -2.33. The van der Waals surface area contributed by atoms with Crippen LogP contribution in [0, 0.1) is 0 Å². The van der Waals surface area contributed by atoms with E-state index in [2.05, 4.69) is 15.5 Å². The van der Waals surface area contributed by atoms with Crippen LogP contribution in [0.4, 0.5) is 4.79 Å². The summed E-state index contributed by atoms with van der Waals surface area (Å²) in [5, 5.41) is 6.59. The third kappa shape index (κ3) is 4.98. The van der Waals surface area contributed by atoms with Crippen molar-refractivity contribution in [1.82, 2.24) is 15.5 Å². The van der Waals surface area contributed by atoms with Gasteiger partial charge in [-0.1, -0.05) is 17.3 Å². The van der Waals surface area contributed by atoms with Gasteiger partial charge in [0.15, 0.2) is 0 Å². The molecule has 0 bridgehead atoms. The minimum atomic E-state index is -0.522. The van der Waals surface area contributed by atoms with Crippen LogP contribution in [0.15, 0.2) is 28.8 Å². The van der Waals surface area contributed by atoms with Crippen LogP contribution in [0.1, 0.15) is 26.7 Å². The van der Waals surface area contributed by atoms with Crippen molar-refractivity contribution >= 4 is 6.09 Å². The van der Waals surface area contributed by atoms with Crippen molar-refractivity contribution in [2.45, 2.75) is 32.8 Å². The first-order valence-corrected chi connectivity index (χ1v) is 7.32. The SMILES string of the molecule is COc1ccccc1-c1noc(CCNC(=O)OC(C)(C)C)n1. The van der Waals surface area contributed by atoms with Gasteiger partial charge in [-0.05, 0) is 32.9 Å². The highest BCUT2D eigenvalue weighted by Gasteiger charge is 2.16. The predicted octanol–water partition coefficient (Wildman–Crippen LogP) is 2.81. The highest BCUT2D eigenvalue weighted by Crippen LogP contribution is 2.26. The van der Waals surface area contributed by atoms with Crippen LogP contribution >= 0.6 is 0 Å². The number of rotatable bonds is 5. The van der Waals surface area contributed by atoms with E-state index in [9.17, 15) is 4.79 Å². The van der Waals surface area contributed by atoms with Gasteiger partial charge in [0.2, 0.25) is 11.7 Å². The Morgan fingerprint density at radius 2 is 2.04 bits per heavy atom. The molecule has 2 rings (SSSR count). The number of aromatic nitrogens is 2. The second-order valence-electron chi connectivity index (χ2n) is 5.89. The lowest BCUT2D eigenvalue weighted by atomic mass is 10.2. The molecule has 23 heavy (non-hydrogen) atoms. The Balaban J connectivity index is 1.92. The number of amides is 1. The zero-order valence-electron chi connectivity index (χ0n) is 13.8. The third-order valence-electron chi connectivity index (χ3n) is 2.82. The predicted molar refractivity (Wildman–Crippen MR) is 84.2 cm³/mol. The number of carbonyl (C=O) groups excluding carboxylic acids is 1. The number of hydrogen-bond donors (Lipinski definition) is 1. The summed E-state index contributed by atoms with van der Waals surface area (Å²) in [7, 11) is 1.59. The van der Waals surface area contributed by atoms with E-state index in [1.54, 1.807) is 7.11 Å². The van der Waals surface area contributed by atoms with Crippen molar-refractivity contribution in [2.24, 2.45) is 0 Å². The third-order valence-corrected chi connectivity index (χ3v) is 2.82. The minimum Gasteiger partial charge on any atom is -0.496 e. The summed E-state index contributed by atoms with van der Waals surface area (Å²) in [6.45, 7) is 5.78. The Bertz CT molecular complexity index is 661. The van der Waals surface area contributed by atoms with Gasteiger partial charge in [-0.3, -0.25) is 0 Å². The molecule has 0 saturated carbocycles. The standard InChI is InChI=1S/C16H21N3O4/c1-16(2,3)22-15(20)17-10-9-13-18-14(19-23-13)11-7-5-6-8-12(11)21-4/h5-8H,9-10H2,1-4H3,(H,17,20). The average Bonchev–Trinajstić information content (AvgIpc) is 2.94. The first kappa shape index (κ1) is 16.8. The number of nitrogens with one attached hydrogen (secondary N) is 1. The zero-order chi connectivity index (χ0) is 16.9. The maximum absolute atomic E-state index is 11.5. The molecular formula is C16H21N3O4. The maximum atomic E-state index is 11.5. The Morgan fingerprint density at radius 1 is 1.30 bits per heavy atom. The average molecular weight is 319 g/mol. The van der Waals surface area contributed by atoms with Crippen LogP contribution in [-0.4, -0.2) is 35.5 Å². The van der Waals surface area contributed by atoms with Crippen molar-refractivity contribution in [3.05, 3.63) is 30.2 Å². The summed E-state index contributed by atoms with van der Waals surface area (Å²) < 4.78 is 15.6. The number of nitrogens with zero attached hydrogens (tertiary/aromatic N) is 2. The van der Waals surface area contributed by atoms with Gasteiger partial charge >= 0.3 is 6.09 Å². The highest BCUT2D eigenvalue weighted by atomic mass is 16.6. The van der Waals surface area contributed by atoms with Crippen molar-refractivity contribution in [3.63, 3.8) is 0 Å². The molecule has 0 aliphatic rings. The van der Waals surface area contributed by atoms with Crippen LogP contribution in [0.2, 0.25) is 0 Å². The summed E-state index contributed by atoms with van der Waals surface area (Å²) in [6.07, 6.45) is -0.0524. The molecule has 1 aromatic heterocycles. The topological polar surface area (TPSA) is 86.5 Å². The summed E-state index contributed by atoms with van der Waals surface area (Å²) in [4.78, 5) is 15.9. The maximum Gasteiger partial charge on any atom is 0.407 e. The van der Waals surface area contributed by atoms with Crippen LogP contribution in [-0.2, 0) is 11.2 Å². The van der Waals surface area contributed by atoms with E-state index in [-0.39, 0.29) is 0 Å². The fourth-order valence-electron chi connectivity index (χ4n) is 1.88. The number of benzene rings is 1. The van der Waals surface area contributed by atoms with E-state index in [1.165, 1.54) is 0 Å². The van der Waals surface area contributed by atoms with Gasteiger partial charge in [-0.2, -0.15) is 4.98 Å². The number of ether oxygens (including phenoxy) is 2. The molecular weight excluding hydrogens is 298 g/mol. The zero-order valence-corrected chi connectivity index (χ0v) is 13.8. The van der Waals surface area contributed by atoms with Gasteiger partial charge in [-0.15, -0.1) is 0 Å². The smallest absolute Gasteiger partial charge is 0.407 e. The molecule has 1 heterocycles. The Morgan fingerprint density at radius 3 is 2.74 bits per heavy atom. The Labute approximate surface area is 135 Å². The molecule has 0 aliphatic heterocycles. The molecule has 2 aromatic rings. The molecule has 0 saturated heterocycles. The summed E-state index contributed by atoms with van der Waals surface area (Å²) in [5.74, 6) is 1.56. The fraction of sp³-hybridized carbons (Fsp3) is 0.438. The van der Waals surface area contributed by atoms with E-state index >= 15 is 0 Å². The molecule has 7 nitrogen and oxygen atoms in total. The largest absolute Gasteiger partial charge is 0.496 e. The summed E-state index contributed by atoms with van der Waals surface area (Å²) in [6, 6.07) is 7.42. The highest BCUT2D eigenvalue weighted by molar-refractivity contribution is 5.67. The molecule has 0 atom stereocenters. The molecule has 1 N–H and O–H groups in total. The van der Waals surface area contributed by atoms with E-state index in [0.29, 0.717) is 30.4 Å². The molecule has 0 spiro atoms. The van der Waals surface area contributed by atoms with Gasteiger partial charge < -0.3 is 19.3 Å². The number of carbonyl (C=O) groups is 1. The van der Waals surface area contributed by atoms with Crippen LogP contribution in [0.5, 0.6) is 5.75 Å². The summed E-state index contributed by atoms with van der Waals surface area (Å²) >= 11 is 0. The van der Waals surface area contributed by atoms with Crippen LogP contribution in [0.25, 0.3) is 11.4 Å². The van der Waals surface area contributed by atoms with Gasteiger partial charge in [0, 0.05) is 13.0 Å².